The maximum atomic E-state index is 12.3. The van der Waals surface area contributed by atoms with Gasteiger partial charge in [-0.2, -0.15) is 0 Å². The second-order valence-corrected chi connectivity index (χ2v) is 6.89. The SMILES string of the molecule is COC(=O)C1C2CC(C3CC32)N1C(=O)OC(C)(C)C. The quantitative estimate of drug-likeness (QED) is 0.680. The van der Waals surface area contributed by atoms with Crippen LogP contribution in [0.3, 0.4) is 0 Å². The lowest BCUT2D eigenvalue weighted by Crippen LogP contribution is -2.51. The van der Waals surface area contributed by atoms with Crippen LogP contribution in [-0.4, -0.2) is 41.8 Å². The summed E-state index contributed by atoms with van der Waals surface area (Å²) >= 11 is 0. The molecule has 2 aliphatic carbocycles. The summed E-state index contributed by atoms with van der Waals surface area (Å²) in [4.78, 5) is 26.0. The lowest BCUT2D eigenvalue weighted by molar-refractivity contribution is -0.148. The number of esters is 1. The van der Waals surface area contributed by atoms with Gasteiger partial charge in [0.05, 0.1) is 7.11 Å². The monoisotopic (exact) mass is 267 g/mol. The van der Waals surface area contributed by atoms with E-state index in [1.165, 1.54) is 7.11 Å². The minimum absolute atomic E-state index is 0.175. The number of piperidine rings is 1. The number of nitrogens with zero attached hydrogens (tertiary/aromatic N) is 1. The summed E-state index contributed by atoms with van der Waals surface area (Å²) in [6.07, 6.45) is 1.69. The molecule has 19 heavy (non-hydrogen) atoms. The van der Waals surface area contributed by atoms with Crippen molar-refractivity contribution >= 4 is 12.1 Å². The molecule has 1 saturated heterocycles. The van der Waals surface area contributed by atoms with Gasteiger partial charge < -0.3 is 9.47 Å². The Balaban J connectivity index is 1.82. The molecule has 1 aliphatic heterocycles. The van der Waals surface area contributed by atoms with Crippen LogP contribution in [0.15, 0.2) is 0 Å². The Morgan fingerprint density at radius 3 is 2.37 bits per heavy atom. The molecule has 1 amide bonds. The number of carbonyl (C=O) groups excluding carboxylic acids is 2. The largest absolute Gasteiger partial charge is 0.467 e. The van der Waals surface area contributed by atoms with Crippen LogP contribution < -0.4 is 0 Å². The molecule has 2 saturated carbocycles. The van der Waals surface area contributed by atoms with E-state index < -0.39 is 11.6 Å². The highest BCUT2D eigenvalue weighted by Crippen LogP contribution is 2.63. The van der Waals surface area contributed by atoms with Crippen molar-refractivity contribution in [3.63, 3.8) is 0 Å². The molecule has 3 fully saturated rings. The zero-order chi connectivity index (χ0) is 13.9. The Morgan fingerprint density at radius 2 is 1.79 bits per heavy atom. The number of amides is 1. The highest BCUT2D eigenvalue weighted by molar-refractivity contribution is 5.83. The summed E-state index contributed by atoms with van der Waals surface area (Å²) in [5.74, 6) is 1.17. The van der Waals surface area contributed by atoms with Crippen molar-refractivity contribution in [2.45, 2.75) is 51.3 Å². The smallest absolute Gasteiger partial charge is 0.411 e. The third-order valence-corrected chi connectivity index (χ3v) is 4.56. The molecule has 5 unspecified atom stereocenters. The third kappa shape index (κ3) is 1.90. The van der Waals surface area contributed by atoms with Crippen LogP contribution in [0.4, 0.5) is 4.79 Å². The van der Waals surface area contributed by atoms with Crippen molar-refractivity contribution in [2.75, 3.05) is 7.11 Å². The first-order chi connectivity index (χ1) is 8.83. The van der Waals surface area contributed by atoms with Gasteiger partial charge >= 0.3 is 12.1 Å². The second kappa shape index (κ2) is 3.87. The zero-order valence-electron chi connectivity index (χ0n) is 11.9. The van der Waals surface area contributed by atoms with Crippen molar-refractivity contribution < 1.29 is 19.1 Å². The van der Waals surface area contributed by atoms with Gasteiger partial charge in [-0.3, -0.25) is 4.90 Å². The van der Waals surface area contributed by atoms with Crippen molar-refractivity contribution in [3.05, 3.63) is 0 Å². The van der Waals surface area contributed by atoms with Gasteiger partial charge in [-0.1, -0.05) is 0 Å². The van der Waals surface area contributed by atoms with Crippen molar-refractivity contribution in [3.8, 4) is 0 Å². The molecule has 5 heteroatoms. The summed E-state index contributed by atoms with van der Waals surface area (Å²) < 4.78 is 10.3. The van der Waals surface area contributed by atoms with E-state index in [0.717, 1.165) is 12.8 Å². The van der Waals surface area contributed by atoms with Crippen LogP contribution >= 0.6 is 0 Å². The van der Waals surface area contributed by atoms with Crippen LogP contribution in [0.5, 0.6) is 0 Å². The van der Waals surface area contributed by atoms with Gasteiger partial charge in [0.25, 0.3) is 0 Å². The zero-order valence-corrected chi connectivity index (χ0v) is 11.9. The molecule has 0 aromatic carbocycles. The summed E-state index contributed by atoms with van der Waals surface area (Å²) in [5.41, 5.74) is -0.539. The molecule has 2 bridgehead atoms. The van der Waals surface area contributed by atoms with E-state index in [9.17, 15) is 9.59 Å². The number of methoxy groups -OCH3 is 1. The van der Waals surface area contributed by atoms with E-state index in [2.05, 4.69) is 0 Å². The van der Waals surface area contributed by atoms with E-state index in [0.29, 0.717) is 11.8 Å². The standard InChI is InChI=1S/C14H21NO4/c1-14(2,3)19-13(17)15-10-6-9(7-5-8(7)10)11(15)12(16)18-4/h7-11H,5-6H2,1-4H3. The van der Waals surface area contributed by atoms with E-state index in [-0.39, 0.29) is 24.0 Å². The minimum atomic E-state index is -0.539. The van der Waals surface area contributed by atoms with Gasteiger partial charge in [-0.15, -0.1) is 0 Å². The van der Waals surface area contributed by atoms with E-state index in [1.54, 1.807) is 4.90 Å². The van der Waals surface area contributed by atoms with Crippen LogP contribution in [0.1, 0.15) is 33.6 Å². The number of hydrogen-bond donors (Lipinski definition) is 0. The van der Waals surface area contributed by atoms with Crippen molar-refractivity contribution in [1.82, 2.24) is 4.90 Å². The first-order valence-electron chi connectivity index (χ1n) is 6.92. The molecule has 106 valence electrons. The lowest BCUT2D eigenvalue weighted by Gasteiger charge is -2.34. The Labute approximate surface area is 113 Å². The highest BCUT2D eigenvalue weighted by Gasteiger charge is 2.68. The minimum Gasteiger partial charge on any atom is -0.467 e. The van der Waals surface area contributed by atoms with E-state index in [1.807, 2.05) is 20.8 Å². The van der Waals surface area contributed by atoms with Gasteiger partial charge in [-0.05, 0) is 51.4 Å². The Bertz CT molecular complexity index is 428. The molecule has 3 rings (SSSR count). The molecule has 0 spiro atoms. The van der Waals surface area contributed by atoms with Crippen LogP contribution in [0.2, 0.25) is 0 Å². The fourth-order valence-electron chi connectivity index (χ4n) is 3.87. The normalized spacial score (nSPS) is 38.9. The molecule has 5 nitrogen and oxygen atoms in total. The van der Waals surface area contributed by atoms with Crippen LogP contribution in [0, 0.1) is 17.8 Å². The topological polar surface area (TPSA) is 55.8 Å². The van der Waals surface area contributed by atoms with Gasteiger partial charge in [0, 0.05) is 6.04 Å². The molecule has 0 N–H and O–H groups in total. The molecule has 0 radical (unpaired) electrons. The summed E-state index contributed by atoms with van der Waals surface area (Å²) in [6, 6.07) is -0.262. The maximum absolute atomic E-state index is 12.3. The molecular weight excluding hydrogens is 246 g/mol. The van der Waals surface area contributed by atoms with E-state index >= 15 is 0 Å². The maximum Gasteiger partial charge on any atom is 0.411 e. The van der Waals surface area contributed by atoms with Crippen LogP contribution in [0.25, 0.3) is 0 Å². The summed E-state index contributed by atoms with van der Waals surface area (Å²) in [7, 11) is 1.38. The van der Waals surface area contributed by atoms with Gasteiger partial charge in [0.15, 0.2) is 0 Å². The summed E-state index contributed by atoms with van der Waals surface area (Å²) in [5, 5.41) is 0. The number of hydrogen-bond acceptors (Lipinski definition) is 4. The van der Waals surface area contributed by atoms with E-state index in [4.69, 9.17) is 9.47 Å². The van der Waals surface area contributed by atoms with Gasteiger partial charge in [-0.25, -0.2) is 9.59 Å². The van der Waals surface area contributed by atoms with Crippen molar-refractivity contribution in [2.24, 2.45) is 17.8 Å². The Morgan fingerprint density at radius 1 is 1.11 bits per heavy atom. The number of fused-ring (bicyclic) bond motifs is 5. The summed E-state index contributed by atoms with van der Waals surface area (Å²) in [6.45, 7) is 5.52. The number of likely N-dealkylation sites (tertiary alicyclic amines) is 1. The molecule has 1 heterocycles. The van der Waals surface area contributed by atoms with Crippen LogP contribution in [-0.2, 0) is 14.3 Å². The fourth-order valence-corrected chi connectivity index (χ4v) is 3.87. The Hall–Kier alpha value is -1.26. The average Bonchev–Trinajstić information content (AvgIpc) is 2.92. The fraction of sp³-hybridized carbons (Fsp3) is 0.857. The predicted molar refractivity (Wildman–Crippen MR) is 67.4 cm³/mol. The second-order valence-electron chi connectivity index (χ2n) is 6.89. The molecule has 3 aliphatic rings. The third-order valence-electron chi connectivity index (χ3n) is 4.56. The highest BCUT2D eigenvalue weighted by atomic mass is 16.6. The molecule has 0 aromatic rings. The molecule has 0 aromatic heterocycles. The first-order valence-corrected chi connectivity index (χ1v) is 6.92. The Kier molecular flexibility index (Phi) is 2.60. The molecule has 5 atom stereocenters. The predicted octanol–water partition coefficient (Wildman–Crippen LogP) is 1.80. The van der Waals surface area contributed by atoms with Crippen molar-refractivity contribution in [1.29, 1.82) is 0 Å². The van der Waals surface area contributed by atoms with Gasteiger partial charge in [0.1, 0.15) is 11.6 Å². The number of ether oxygens (including phenoxy) is 2. The number of carbonyl (C=O) groups is 2. The average molecular weight is 267 g/mol. The lowest BCUT2D eigenvalue weighted by atomic mass is 9.97. The first kappa shape index (κ1) is 12.8. The van der Waals surface area contributed by atoms with Gasteiger partial charge in [0.2, 0.25) is 0 Å². The number of rotatable bonds is 1. The molecular formula is C14H21NO4.